The molecule has 3 rings (SSSR count). The molecule has 1 aliphatic rings. The van der Waals surface area contributed by atoms with Gasteiger partial charge in [-0.25, -0.2) is 0 Å². The fourth-order valence-electron chi connectivity index (χ4n) is 3.77. The summed E-state index contributed by atoms with van der Waals surface area (Å²) in [6.07, 6.45) is 2.78. The van der Waals surface area contributed by atoms with Crippen LogP contribution in [-0.2, 0) is 4.74 Å². The van der Waals surface area contributed by atoms with E-state index < -0.39 is 0 Å². The lowest BCUT2D eigenvalue weighted by atomic mass is 9.89. The lowest BCUT2D eigenvalue weighted by Gasteiger charge is -2.33. The number of amides is 2. The third-order valence-corrected chi connectivity index (χ3v) is 5.44. The molecule has 1 aliphatic heterocycles. The van der Waals surface area contributed by atoms with E-state index in [9.17, 15) is 9.59 Å². The number of nitrogens with zero attached hydrogens (tertiary/aromatic N) is 1. The lowest BCUT2D eigenvalue weighted by Crippen LogP contribution is -2.39. The van der Waals surface area contributed by atoms with Crippen molar-refractivity contribution in [2.45, 2.75) is 32.1 Å². The molecule has 1 fully saturated rings. The van der Waals surface area contributed by atoms with Crippen molar-refractivity contribution in [3.8, 4) is 0 Å². The summed E-state index contributed by atoms with van der Waals surface area (Å²) in [5, 5.41) is 2.93. The molecule has 1 saturated heterocycles. The zero-order valence-electron chi connectivity index (χ0n) is 17.3. The van der Waals surface area contributed by atoms with Gasteiger partial charge in [-0.3, -0.25) is 9.59 Å². The molecule has 2 amide bonds. The van der Waals surface area contributed by atoms with E-state index in [-0.39, 0.29) is 17.7 Å². The molecule has 2 aromatic carbocycles. The summed E-state index contributed by atoms with van der Waals surface area (Å²) in [6.45, 7) is 4.72. The van der Waals surface area contributed by atoms with E-state index in [1.807, 2.05) is 54.3 Å². The van der Waals surface area contributed by atoms with Gasteiger partial charge in [-0.05, 0) is 56.0 Å². The summed E-state index contributed by atoms with van der Waals surface area (Å²) in [4.78, 5) is 27.2. The number of aryl methyl sites for hydroxylation is 1. The zero-order valence-corrected chi connectivity index (χ0v) is 17.3. The van der Waals surface area contributed by atoms with Gasteiger partial charge < -0.3 is 15.0 Å². The highest BCUT2D eigenvalue weighted by atomic mass is 16.5. The van der Waals surface area contributed by atoms with Crippen LogP contribution in [0.15, 0.2) is 48.5 Å². The standard InChI is InChI=1S/C24H30N2O3/c1-18-9-11-19(12-10-18)24(28)26-14-4-8-22(17-26)20-6-3-7-21(16-20)23(27)25-13-5-15-29-2/h3,6-7,9-12,16,22H,4-5,8,13-15,17H2,1-2H3,(H,25,27). The molecule has 0 aromatic heterocycles. The highest BCUT2D eigenvalue weighted by Crippen LogP contribution is 2.28. The van der Waals surface area contributed by atoms with Crippen LogP contribution >= 0.6 is 0 Å². The minimum absolute atomic E-state index is 0.0636. The maximum absolute atomic E-state index is 12.9. The number of likely N-dealkylation sites (tertiary alicyclic amines) is 1. The molecule has 2 aromatic rings. The first-order chi connectivity index (χ1) is 14.1. The molecule has 0 bridgehead atoms. The van der Waals surface area contributed by atoms with Gasteiger partial charge in [-0.15, -0.1) is 0 Å². The smallest absolute Gasteiger partial charge is 0.253 e. The van der Waals surface area contributed by atoms with Crippen LogP contribution in [0, 0.1) is 6.92 Å². The van der Waals surface area contributed by atoms with Crippen molar-refractivity contribution >= 4 is 11.8 Å². The van der Waals surface area contributed by atoms with Crippen LogP contribution in [0.1, 0.15) is 57.0 Å². The Morgan fingerprint density at radius 1 is 1.14 bits per heavy atom. The zero-order chi connectivity index (χ0) is 20.6. The lowest BCUT2D eigenvalue weighted by molar-refractivity contribution is 0.0706. The number of benzene rings is 2. The molecule has 1 heterocycles. The summed E-state index contributed by atoms with van der Waals surface area (Å²) in [6, 6.07) is 15.5. The SMILES string of the molecule is COCCCNC(=O)c1cccc(C2CCCN(C(=O)c3ccc(C)cc3)C2)c1. The van der Waals surface area contributed by atoms with E-state index in [0.717, 1.165) is 42.5 Å². The Labute approximate surface area is 173 Å². The predicted molar refractivity (Wildman–Crippen MR) is 114 cm³/mol. The van der Waals surface area contributed by atoms with E-state index >= 15 is 0 Å². The maximum Gasteiger partial charge on any atom is 0.253 e. The Hall–Kier alpha value is -2.66. The molecule has 1 atom stereocenters. The Bertz CT molecular complexity index is 832. The largest absolute Gasteiger partial charge is 0.385 e. The first-order valence-corrected chi connectivity index (χ1v) is 10.3. The van der Waals surface area contributed by atoms with Crippen molar-refractivity contribution in [3.63, 3.8) is 0 Å². The Balaban J connectivity index is 1.65. The summed E-state index contributed by atoms with van der Waals surface area (Å²) in [7, 11) is 1.66. The topological polar surface area (TPSA) is 58.6 Å². The van der Waals surface area contributed by atoms with Gasteiger partial charge in [0, 0.05) is 50.4 Å². The van der Waals surface area contributed by atoms with Gasteiger partial charge in [0.05, 0.1) is 0 Å². The van der Waals surface area contributed by atoms with Crippen molar-refractivity contribution in [1.29, 1.82) is 0 Å². The van der Waals surface area contributed by atoms with Crippen LogP contribution in [-0.4, -0.2) is 50.1 Å². The third kappa shape index (κ3) is 5.67. The monoisotopic (exact) mass is 394 g/mol. The maximum atomic E-state index is 12.9. The molecule has 1 N–H and O–H groups in total. The number of ether oxygens (including phenoxy) is 1. The van der Waals surface area contributed by atoms with Crippen LogP contribution in [0.3, 0.4) is 0 Å². The summed E-state index contributed by atoms with van der Waals surface area (Å²) in [5.74, 6) is 0.271. The van der Waals surface area contributed by atoms with Gasteiger partial charge in [0.15, 0.2) is 0 Å². The van der Waals surface area contributed by atoms with Gasteiger partial charge >= 0.3 is 0 Å². The number of nitrogens with one attached hydrogen (secondary N) is 1. The van der Waals surface area contributed by atoms with E-state index in [2.05, 4.69) is 11.4 Å². The number of rotatable bonds is 7. The van der Waals surface area contributed by atoms with Crippen molar-refractivity contribution in [1.82, 2.24) is 10.2 Å². The number of carbonyl (C=O) groups is 2. The average molecular weight is 395 g/mol. The first kappa shape index (κ1) is 21.1. The Morgan fingerprint density at radius 3 is 2.69 bits per heavy atom. The number of carbonyl (C=O) groups excluding carboxylic acids is 2. The predicted octanol–water partition coefficient (Wildman–Crippen LogP) is 3.78. The normalized spacial score (nSPS) is 16.5. The van der Waals surface area contributed by atoms with Gasteiger partial charge in [0.2, 0.25) is 0 Å². The van der Waals surface area contributed by atoms with Crippen molar-refractivity contribution in [3.05, 3.63) is 70.8 Å². The van der Waals surface area contributed by atoms with Crippen LogP contribution in [0.25, 0.3) is 0 Å². The van der Waals surface area contributed by atoms with Crippen LogP contribution in [0.5, 0.6) is 0 Å². The van der Waals surface area contributed by atoms with Gasteiger partial charge in [-0.1, -0.05) is 29.8 Å². The minimum atomic E-state index is -0.0636. The number of piperidine rings is 1. The van der Waals surface area contributed by atoms with Crippen molar-refractivity contribution < 1.29 is 14.3 Å². The third-order valence-electron chi connectivity index (χ3n) is 5.44. The van der Waals surface area contributed by atoms with Gasteiger partial charge in [0.1, 0.15) is 0 Å². The second kappa shape index (κ2) is 10.2. The van der Waals surface area contributed by atoms with E-state index in [1.165, 1.54) is 0 Å². The second-order valence-corrected chi connectivity index (χ2v) is 7.68. The molecule has 29 heavy (non-hydrogen) atoms. The molecule has 5 heteroatoms. The first-order valence-electron chi connectivity index (χ1n) is 10.3. The van der Waals surface area contributed by atoms with Gasteiger partial charge in [0.25, 0.3) is 11.8 Å². The molecule has 0 spiro atoms. The fourth-order valence-corrected chi connectivity index (χ4v) is 3.77. The van der Waals surface area contributed by atoms with E-state index in [0.29, 0.717) is 25.3 Å². The van der Waals surface area contributed by atoms with Crippen LogP contribution < -0.4 is 5.32 Å². The summed E-state index contributed by atoms with van der Waals surface area (Å²) in [5.41, 5.74) is 3.67. The Morgan fingerprint density at radius 2 is 1.93 bits per heavy atom. The summed E-state index contributed by atoms with van der Waals surface area (Å²) >= 11 is 0. The van der Waals surface area contributed by atoms with Crippen LogP contribution in [0.4, 0.5) is 0 Å². The highest BCUT2D eigenvalue weighted by Gasteiger charge is 2.26. The molecule has 5 nitrogen and oxygen atoms in total. The minimum Gasteiger partial charge on any atom is -0.385 e. The number of methoxy groups -OCH3 is 1. The quantitative estimate of drug-likeness (QED) is 0.727. The van der Waals surface area contributed by atoms with Crippen LogP contribution in [0.2, 0.25) is 0 Å². The Kier molecular flexibility index (Phi) is 7.42. The molecular formula is C24H30N2O3. The van der Waals surface area contributed by atoms with E-state index in [1.54, 1.807) is 7.11 Å². The molecular weight excluding hydrogens is 364 g/mol. The van der Waals surface area contributed by atoms with Crippen molar-refractivity contribution in [2.24, 2.45) is 0 Å². The number of hydrogen-bond acceptors (Lipinski definition) is 3. The second-order valence-electron chi connectivity index (χ2n) is 7.68. The molecule has 0 radical (unpaired) electrons. The molecule has 1 unspecified atom stereocenters. The van der Waals surface area contributed by atoms with E-state index in [4.69, 9.17) is 4.74 Å². The fraction of sp³-hybridized carbons (Fsp3) is 0.417. The van der Waals surface area contributed by atoms with Gasteiger partial charge in [-0.2, -0.15) is 0 Å². The molecule has 0 saturated carbocycles. The number of hydrogen-bond donors (Lipinski definition) is 1. The summed E-state index contributed by atoms with van der Waals surface area (Å²) < 4.78 is 5.01. The molecule has 0 aliphatic carbocycles. The molecule has 154 valence electrons. The highest BCUT2D eigenvalue weighted by molar-refractivity contribution is 5.95. The average Bonchev–Trinajstić information content (AvgIpc) is 2.77. The van der Waals surface area contributed by atoms with Crippen molar-refractivity contribution in [2.75, 3.05) is 33.4 Å².